The number of ether oxygens (including phenoxy) is 1. The van der Waals surface area contributed by atoms with Crippen LogP contribution in [0, 0.1) is 11.8 Å². The minimum atomic E-state index is -0.760. The average molecular weight is 255 g/mol. The highest BCUT2D eigenvalue weighted by Crippen LogP contribution is 2.31. The maximum absolute atomic E-state index is 12.3. The number of hydrogen-bond donors (Lipinski definition) is 1. The molecule has 5 nitrogen and oxygen atoms in total. The Morgan fingerprint density at radius 1 is 1.22 bits per heavy atom. The van der Waals surface area contributed by atoms with E-state index in [0.717, 1.165) is 25.8 Å². The molecule has 0 bridgehead atoms. The van der Waals surface area contributed by atoms with E-state index in [1.54, 1.807) is 7.11 Å². The van der Waals surface area contributed by atoms with E-state index in [1.165, 1.54) is 0 Å². The number of carboxylic acids is 1. The van der Waals surface area contributed by atoms with Crippen LogP contribution in [0.3, 0.4) is 0 Å². The van der Waals surface area contributed by atoms with E-state index >= 15 is 0 Å². The maximum Gasteiger partial charge on any atom is 0.306 e. The molecule has 2 aliphatic rings. The van der Waals surface area contributed by atoms with Gasteiger partial charge >= 0.3 is 5.97 Å². The molecule has 2 rings (SSSR count). The minimum Gasteiger partial charge on any atom is -0.481 e. The summed E-state index contributed by atoms with van der Waals surface area (Å²) < 4.78 is 5.25. The van der Waals surface area contributed by atoms with Crippen molar-refractivity contribution < 1.29 is 19.4 Å². The van der Waals surface area contributed by atoms with Crippen molar-refractivity contribution in [3.63, 3.8) is 0 Å². The van der Waals surface area contributed by atoms with Crippen molar-refractivity contribution in [2.24, 2.45) is 11.8 Å². The van der Waals surface area contributed by atoms with Crippen molar-refractivity contribution in [3.8, 4) is 0 Å². The maximum atomic E-state index is 12.3. The molecule has 0 radical (unpaired) electrons. The van der Waals surface area contributed by atoms with Crippen molar-refractivity contribution in [2.75, 3.05) is 20.2 Å². The lowest BCUT2D eigenvalue weighted by atomic mass is 9.81. The molecule has 1 amide bonds. The molecule has 0 aromatic rings. The second kappa shape index (κ2) is 5.69. The van der Waals surface area contributed by atoms with Gasteiger partial charge in [0, 0.05) is 26.1 Å². The average Bonchev–Trinajstić information content (AvgIpc) is 2.86. The first-order valence-corrected chi connectivity index (χ1v) is 6.66. The van der Waals surface area contributed by atoms with Crippen molar-refractivity contribution in [1.82, 2.24) is 4.90 Å². The summed E-state index contributed by atoms with van der Waals surface area (Å²) in [6.45, 7) is 1.40. The quantitative estimate of drug-likeness (QED) is 0.820. The zero-order chi connectivity index (χ0) is 13.1. The second-order valence-corrected chi connectivity index (χ2v) is 5.33. The second-order valence-electron chi connectivity index (χ2n) is 5.33. The number of carboxylic acid groups (broad SMARTS) is 1. The highest BCUT2D eigenvalue weighted by Gasteiger charge is 2.35. The molecule has 1 heterocycles. The van der Waals surface area contributed by atoms with Gasteiger partial charge in [0.1, 0.15) is 0 Å². The summed E-state index contributed by atoms with van der Waals surface area (Å²) in [5.74, 6) is -1.08. The Hall–Kier alpha value is -1.10. The Balaban J connectivity index is 1.91. The zero-order valence-corrected chi connectivity index (χ0v) is 10.8. The zero-order valence-electron chi connectivity index (χ0n) is 10.8. The van der Waals surface area contributed by atoms with Gasteiger partial charge in [-0.25, -0.2) is 0 Å². The van der Waals surface area contributed by atoms with Crippen LogP contribution in [0.4, 0.5) is 0 Å². The van der Waals surface area contributed by atoms with Crippen LogP contribution in [0.2, 0.25) is 0 Å². The number of carbonyl (C=O) groups excluding carboxylic acids is 1. The Bertz CT molecular complexity index is 331. The number of rotatable bonds is 3. The fraction of sp³-hybridized carbons (Fsp3) is 0.846. The Morgan fingerprint density at radius 2 is 1.94 bits per heavy atom. The van der Waals surface area contributed by atoms with Crippen LogP contribution in [0.5, 0.6) is 0 Å². The molecule has 3 atom stereocenters. The molecule has 1 aliphatic heterocycles. The first kappa shape index (κ1) is 13.3. The van der Waals surface area contributed by atoms with Gasteiger partial charge in [0.25, 0.3) is 0 Å². The van der Waals surface area contributed by atoms with Crippen LogP contribution in [0.25, 0.3) is 0 Å². The number of methoxy groups -OCH3 is 1. The molecule has 1 aliphatic carbocycles. The summed E-state index contributed by atoms with van der Waals surface area (Å²) in [5, 5.41) is 9.04. The van der Waals surface area contributed by atoms with E-state index in [0.29, 0.717) is 19.4 Å². The molecular weight excluding hydrogens is 234 g/mol. The molecule has 1 saturated heterocycles. The summed E-state index contributed by atoms with van der Waals surface area (Å²) in [6.07, 6.45) is 3.92. The van der Waals surface area contributed by atoms with Crippen molar-refractivity contribution in [1.29, 1.82) is 0 Å². The summed E-state index contributed by atoms with van der Waals surface area (Å²) in [4.78, 5) is 25.1. The molecule has 18 heavy (non-hydrogen) atoms. The molecule has 102 valence electrons. The molecule has 1 N–H and O–H groups in total. The van der Waals surface area contributed by atoms with E-state index in [9.17, 15) is 9.59 Å². The normalized spacial score (nSPS) is 32.5. The summed E-state index contributed by atoms with van der Waals surface area (Å²) >= 11 is 0. The third-order valence-corrected chi connectivity index (χ3v) is 4.16. The van der Waals surface area contributed by atoms with E-state index in [1.807, 2.05) is 4.90 Å². The van der Waals surface area contributed by atoms with Gasteiger partial charge in [-0.3, -0.25) is 9.59 Å². The van der Waals surface area contributed by atoms with Gasteiger partial charge in [-0.2, -0.15) is 0 Å². The Labute approximate surface area is 107 Å². The Kier molecular flexibility index (Phi) is 4.22. The number of likely N-dealkylation sites (tertiary alicyclic amines) is 1. The van der Waals surface area contributed by atoms with Crippen molar-refractivity contribution in [3.05, 3.63) is 0 Å². The van der Waals surface area contributed by atoms with Gasteiger partial charge in [-0.1, -0.05) is 6.42 Å². The first-order valence-electron chi connectivity index (χ1n) is 6.66. The van der Waals surface area contributed by atoms with E-state index in [4.69, 9.17) is 9.84 Å². The van der Waals surface area contributed by atoms with Gasteiger partial charge in [-0.15, -0.1) is 0 Å². The fourth-order valence-corrected chi connectivity index (χ4v) is 3.02. The summed E-state index contributed by atoms with van der Waals surface area (Å²) in [7, 11) is 1.67. The van der Waals surface area contributed by atoms with Crippen LogP contribution in [-0.2, 0) is 14.3 Å². The molecule has 0 aromatic carbocycles. The number of carbonyl (C=O) groups is 2. The monoisotopic (exact) mass is 255 g/mol. The molecule has 0 spiro atoms. The number of nitrogens with zero attached hydrogens (tertiary/aromatic N) is 1. The summed E-state index contributed by atoms with van der Waals surface area (Å²) in [5.41, 5.74) is 0. The molecule has 0 aromatic heterocycles. The standard InChI is InChI=1S/C13H21NO4/c1-18-11-5-6-14(8-11)12(15)9-3-2-4-10(7-9)13(16)17/h9-11H,2-8H2,1H3,(H,16,17). The predicted octanol–water partition coefficient (Wildman–Crippen LogP) is 1.12. The molecule has 3 unspecified atom stereocenters. The lowest BCUT2D eigenvalue weighted by molar-refractivity contribution is -0.145. The largest absolute Gasteiger partial charge is 0.481 e. The smallest absolute Gasteiger partial charge is 0.306 e. The van der Waals surface area contributed by atoms with E-state index in [-0.39, 0.29) is 23.8 Å². The highest BCUT2D eigenvalue weighted by atomic mass is 16.5. The highest BCUT2D eigenvalue weighted by molar-refractivity contribution is 5.80. The van der Waals surface area contributed by atoms with Gasteiger partial charge < -0.3 is 14.7 Å². The summed E-state index contributed by atoms with van der Waals surface area (Å²) in [6, 6.07) is 0. The van der Waals surface area contributed by atoms with Gasteiger partial charge in [-0.05, 0) is 25.7 Å². The number of aliphatic carboxylic acids is 1. The number of amides is 1. The van der Waals surface area contributed by atoms with Crippen LogP contribution < -0.4 is 0 Å². The van der Waals surface area contributed by atoms with E-state index < -0.39 is 5.97 Å². The van der Waals surface area contributed by atoms with E-state index in [2.05, 4.69) is 0 Å². The van der Waals surface area contributed by atoms with Crippen molar-refractivity contribution in [2.45, 2.75) is 38.2 Å². The van der Waals surface area contributed by atoms with Gasteiger partial charge in [0.2, 0.25) is 5.91 Å². The SMILES string of the molecule is COC1CCN(C(=O)C2CCCC(C(=O)O)C2)C1. The molecule has 2 fully saturated rings. The van der Waals surface area contributed by atoms with Crippen LogP contribution in [0.1, 0.15) is 32.1 Å². The molecule has 1 saturated carbocycles. The topological polar surface area (TPSA) is 66.8 Å². The van der Waals surface area contributed by atoms with Crippen LogP contribution in [0.15, 0.2) is 0 Å². The fourth-order valence-electron chi connectivity index (χ4n) is 3.02. The van der Waals surface area contributed by atoms with Crippen LogP contribution in [-0.4, -0.2) is 48.2 Å². The predicted molar refractivity (Wildman–Crippen MR) is 65.1 cm³/mol. The van der Waals surface area contributed by atoms with Crippen LogP contribution >= 0.6 is 0 Å². The third kappa shape index (κ3) is 2.83. The first-order chi connectivity index (χ1) is 8.61. The molecule has 5 heteroatoms. The number of hydrogen-bond acceptors (Lipinski definition) is 3. The van der Waals surface area contributed by atoms with Gasteiger partial charge in [0.05, 0.1) is 12.0 Å². The lowest BCUT2D eigenvalue weighted by Gasteiger charge is -2.29. The van der Waals surface area contributed by atoms with Crippen molar-refractivity contribution >= 4 is 11.9 Å². The third-order valence-electron chi connectivity index (χ3n) is 4.16. The van der Waals surface area contributed by atoms with Gasteiger partial charge in [0.15, 0.2) is 0 Å². The molecular formula is C13H21NO4. The lowest BCUT2D eigenvalue weighted by Crippen LogP contribution is -2.38. The minimum absolute atomic E-state index is 0.101. The Morgan fingerprint density at radius 3 is 2.56 bits per heavy atom.